The fraction of sp³-hybridized carbons (Fsp3) is 0.143. The highest BCUT2D eigenvalue weighted by molar-refractivity contribution is 7.09. The number of hydrogen-bond donors (Lipinski definition) is 1. The van der Waals surface area contributed by atoms with Gasteiger partial charge in [-0.3, -0.25) is 0 Å². The molecule has 2 aromatic heterocycles. The monoisotopic (exact) mass is 281 g/mol. The summed E-state index contributed by atoms with van der Waals surface area (Å²) < 4.78 is 0. The van der Waals surface area contributed by atoms with Crippen LogP contribution in [0.25, 0.3) is 10.9 Å². The molecule has 1 aromatic carbocycles. The zero-order valence-corrected chi connectivity index (χ0v) is 11.6. The average Bonchev–Trinajstić information content (AvgIpc) is 3.02. The summed E-state index contributed by atoms with van der Waals surface area (Å²) in [5, 5.41) is 24.4. The van der Waals surface area contributed by atoms with Crippen molar-refractivity contribution in [2.45, 2.75) is 13.0 Å². The van der Waals surface area contributed by atoms with E-state index in [1.165, 1.54) is 0 Å². The van der Waals surface area contributed by atoms with Crippen molar-refractivity contribution in [3.8, 4) is 6.07 Å². The van der Waals surface area contributed by atoms with Crippen LogP contribution >= 0.6 is 11.3 Å². The van der Waals surface area contributed by atoms with Gasteiger partial charge in [0.2, 0.25) is 0 Å². The largest absolute Gasteiger partial charge is 0.373 e. The smallest absolute Gasteiger partial charge is 0.186 e. The van der Waals surface area contributed by atoms with E-state index in [-0.39, 0.29) is 6.04 Å². The Morgan fingerprint density at radius 3 is 2.90 bits per heavy atom. The summed E-state index contributed by atoms with van der Waals surface area (Å²) in [6, 6.07) is 9.73. The van der Waals surface area contributed by atoms with Gasteiger partial charge in [-0.1, -0.05) is 18.2 Å². The summed E-state index contributed by atoms with van der Waals surface area (Å²) in [6.07, 6.45) is 1.77. The minimum Gasteiger partial charge on any atom is -0.373 e. The molecule has 0 saturated carbocycles. The zero-order chi connectivity index (χ0) is 13.9. The maximum absolute atomic E-state index is 9.22. The van der Waals surface area contributed by atoms with Gasteiger partial charge in [0.15, 0.2) is 5.69 Å². The maximum atomic E-state index is 9.22. The summed E-state index contributed by atoms with van der Waals surface area (Å²) in [6.45, 7) is 2.01. The molecule has 3 aromatic rings. The molecule has 1 atom stereocenters. The lowest BCUT2D eigenvalue weighted by atomic mass is 10.1. The van der Waals surface area contributed by atoms with Gasteiger partial charge in [-0.15, -0.1) is 21.5 Å². The van der Waals surface area contributed by atoms with Crippen LogP contribution in [0, 0.1) is 11.3 Å². The summed E-state index contributed by atoms with van der Waals surface area (Å²) in [5.41, 5.74) is 1.77. The van der Waals surface area contributed by atoms with Crippen LogP contribution in [-0.2, 0) is 0 Å². The van der Waals surface area contributed by atoms with Gasteiger partial charge in [0.1, 0.15) is 11.1 Å². The molecule has 0 aliphatic heterocycles. The normalized spacial score (nSPS) is 12.0. The summed E-state index contributed by atoms with van der Waals surface area (Å²) >= 11 is 1.58. The molecule has 98 valence electrons. The van der Waals surface area contributed by atoms with Crippen LogP contribution < -0.4 is 5.32 Å². The molecule has 5 nitrogen and oxygen atoms in total. The molecule has 0 saturated heterocycles. The van der Waals surface area contributed by atoms with Crippen molar-refractivity contribution >= 4 is 27.9 Å². The lowest BCUT2D eigenvalue weighted by molar-refractivity contribution is 0.866. The van der Waals surface area contributed by atoms with Gasteiger partial charge in [-0.05, 0) is 13.0 Å². The Bertz CT molecular complexity index is 776. The predicted molar refractivity (Wildman–Crippen MR) is 78.4 cm³/mol. The predicted octanol–water partition coefficient (Wildman–Crippen LogP) is 3.13. The van der Waals surface area contributed by atoms with E-state index in [4.69, 9.17) is 0 Å². The van der Waals surface area contributed by atoms with Gasteiger partial charge in [-0.25, -0.2) is 4.98 Å². The van der Waals surface area contributed by atoms with Crippen LogP contribution in [0.3, 0.4) is 0 Å². The minimum atomic E-state index is 0.00899. The number of anilines is 1. The molecule has 0 spiro atoms. The topological polar surface area (TPSA) is 74.5 Å². The van der Waals surface area contributed by atoms with E-state index >= 15 is 0 Å². The van der Waals surface area contributed by atoms with Crippen molar-refractivity contribution in [2.75, 3.05) is 5.32 Å². The number of nitriles is 1. The summed E-state index contributed by atoms with van der Waals surface area (Å²) in [7, 11) is 0. The second kappa shape index (κ2) is 5.23. The molecule has 1 unspecified atom stereocenters. The van der Waals surface area contributed by atoms with Crippen molar-refractivity contribution in [1.29, 1.82) is 5.26 Å². The van der Waals surface area contributed by atoms with E-state index in [1.807, 2.05) is 36.6 Å². The molecule has 0 amide bonds. The first-order chi connectivity index (χ1) is 9.79. The summed E-state index contributed by atoms with van der Waals surface area (Å²) in [5.74, 6) is 0. The second-order valence-electron chi connectivity index (χ2n) is 4.29. The van der Waals surface area contributed by atoms with Crippen LogP contribution in [0.4, 0.5) is 5.69 Å². The van der Waals surface area contributed by atoms with Gasteiger partial charge in [0.05, 0.1) is 17.2 Å². The number of hydrogen-bond acceptors (Lipinski definition) is 6. The summed E-state index contributed by atoms with van der Waals surface area (Å²) in [4.78, 5) is 4.28. The zero-order valence-electron chi connectivity index (χ0n) is 10.7. The highest BCUT2D eigenvalue weighted by atomic mass is 32.1. The standard InChI is InChI=1S/C14H11N5S/c1-9(14-16-6-7-20-14)17-13-10-4-2-3-5-11(10)18-19-12(13)8-15/h2-7,9H,1H3,(H,17,18). The number of thiazole rings is 1. The van der Waals surface area contributed by atoms with Gasteiger partial charge in [0, 0.05) is 17.0 Å². The third-order valence-electron chi connectivity index (χ3n) is 2.96. The molecular weight excluding hydrogens is 270 g/mol. The third-order valence-corrected chi connectivity index (χ3v) is 3.91. The van der Waals surface area contributed by atoms with E-state index in [1.54, 1.807) is 17.5 Å². The second-order valence-corrected chi connectivity index (χ2v) is 5.22. The van der Waals surface area contributed by atoms with Crippen molar-refractivity contribution in [1.82, 2.24) is 15.2 Å². The molecule has 6 heteroatoms. The Labute approximate surface area is 119 Å². The van der Waals surface area contributed by atoms with Gasteiger partial charge < -0.3 is 5.32 Å². The van der Waals surface area contributed by atoms with E-state index in [9.17, 15) is 5.26 Å². The van der Waals surface area contributed by atoms with E-state index < -0.39 is 0 Å². The molecule has 20 heavy (non-hydrogen) atoms. The fourth-order valence-electron chi connectivity index (χ4n) is 2.00. The van der Waals surface area contributed by atoms with Crippen molar-refractivity contribution in [3.05, 3.63) is 46.5 Å². The Kier molecular flexibility index (Phi) is 3.27. The Morgan fingerprint density at radius 2 is 2.15 bits per heavy atom. The number of nitrogens with one attached hydrogen (secondary N) is 1. The first-order valence-corrected chi connectivity index (χ1v) is 6.99. The first kappa shape index (κ1) is 12.5. The van der Waals surface area contributed by atoms with Crippen LogP contribution in [0.1, 0.15) is 23.7 Å². The Hall–Kier alpha value is -2.52. The fourth-order valence-corrected chi connectivity index (χ4v) is 2.65. The molecule has 2 heterocycles. The van der Waals surface area contributed by atoms with Crippen molar-refractivity contribution in [3.63, 3.8) is 0 Å². The highest BCUT2D eigenvalue weighted by Crippen LogP contribution is 2.28. The van der Waals surface area contributed by atoms with Crippen LogP contribution in [-0.4, -0.2) is 15.2 Å². The van der Waals surface area contributed by atoms with Gasteiger partial charge in [0.25, 0.3) is 0 Å². The molecule has 1 N–H and O–H groups in total. The van der Waals surface area contributed by atoms with Crippen molar-refractivity contribution in [2.24, 2.45) is 0 Å². The van der Waals surface area contributed by atoms with Crippen LogP contribution in [0.2, 0.25) is 0 Å². The number of benzene rings is 1. The number of nitrogens with zero attached hydrogens (tertiary/aromatic N) is 4. The number of fused-ring (bicyclic) bond motifs is 1. The molecule has 0 aliphatic rings. The molecule has 0 radical (unpaired) electrons. The van der Waals surface area contributed by atoms with E-state index in [0.717, 1.165) is 15.9 Å². The maximum Gasteiger partial charge on any atom is 0.186 e. The number of rotatable bonds is 3. The SMILES string of the molecule is CC(Nc1c(C#N)nnc2ccccc12)c1nccs1. The Morgan fingerprint density at radius 1 is 1.30 bits per heavy atom. The van der Waals surface area contributed by atoms with E-state index in [2.05, 4.69) is 26.6 Å². The third kappa shape index (κ3) is 2.19. The minimum absolute atomic E-state index is 0.00899. The number of aromatic nitrogens is 3. The van der Waals surface area contributed by atoms with Gasteiger partial charge >= 0.3 is 0 Å². The lowest BCUT2D eigenvalue weighted by Crippen LogP contribution is -2.09. The molecule has 0 aliphatic carbocycles. The van der Waals surface area contributed by atoms with Crippen molar-refractivity contribution < 1.29 is 0 Å². The Balaban J connectivity index is 2.07. The van der Waals surface area contributed by atoms with Gasteiger partial charge in [-0.2, -0.15) is 5.26 Å². The lowest BCUT2D eigenvalue weighted by Gasteiger charge is -2.15. The molecule has 0 bridgehead atoms. The van der Waals surface area contributed by atoms with Crippen LogP contribution in [0.15, 0.2) is 35.8 Å². The first-order valence-electron chi connectivity index (χ1n) is 6.11. The van der Waals surface area contributed by atoms with E-state index in [0.29, 0.717) is 11.4 Å². The highest BCUT2D eigenvalue weighted by Gasteiger charge is 2.14. The van der Waals surface area contributed by atoms with Crippen LogP contribution in [0.5, 0.6) is 0 Å². The quantitative estimate of drug-likeness (QED) is 0.798. The molecule has 3 rings (SSSR count). The molecular formula is C14H11N5S. The average molecular weight is 281 g/mol. The molecule has 0 fully saturated rings.